The molecule has 1 aliphatic heterocycles. The Labute approximate surface area is 278 Å². The van der Waals surface area contributed by atoms with Gasteiger partial charge in [0.05, 0.1) is 16.8 Å². The molecule has 0 saturated heterocycles. The predicted octanol–water partition coefficient (Wildman–Crippen LogP) is 11.1. The van der Waals surface area contributed by atoms with E-state index in [1.54, 1.807) is 0 Å². The second-order valence-corrected chi connectivity index (χ2v) is 12.5. The maximum absolute atomic E-state index is 6.84. The topological polar surface area (TPSA) is 35.0 Å². The molecule has 0 saturated carbocycles. The molecule has 8 aromatic rings. The van der Waals surface area contributed by atoms with E-state index in [1.807, 2.05) is 12.1 Å². The van der Waals surface area contributed by atoms with E-state index in [2.05, 4.69) is 158 Å². The van der Waals surface area contributed by atoms with Crippen molar-refractivity contribution in [3.05, 3.63) is 192 Å². The number of hydrogen-bond donors (Lipinski definition) is 0. The summed E-state index contributed by atoms with van der Waals surface area (Å²) < 4.78 is 6.84. The summed E-state index contributed by atoms with van der Waals surface area (Å²) in [6, 6.07) is 60.0. The Bertz CT molecular complexity index is 2440. The van der Waals surface area contributed by atoms with E-state index in [0.717, 1.165) is 56.1 Å². The molecule has 2 heterocycles. The van der Waals surface area contributed by atoms with Crippen molar-refractivity contribution in [2.75, 3.05) is 0 Å². The van der Waals surface area contributed by atoms with Crippen LogP contribution in [0.15, 0.2) is 170 Å². The number of rotatable bonds is 3. The fourth-order valence-electron chi connectivity index (χ4n) is 7.82. The van der Waals surface area contributed by atoms with Gasteiger partial charge in [-0.25, -0.2) is 9.97 Å². The van der Waals surface area contributed by atoms with Crippen molar-refractivity contribution in [3.8, 4) is 56.5 Å². The van der Waals surface area contributed by atoms with Crippen LogP contribution in [0.2, 0.25) is 0 Å². The first kappa shape index (κ1) is 26.9. The number of fused-ring (bicyclic) bond motifs is 10. The Hall–Kier alpha value is -6.32. The molecule has 1 aromatic heterocycles. The van der Waals surface area contributed by atoms with E-state index < -0.39 is 5.41 Å². The van der Waals surface area contributed by atoms with Crippen LogP contribution >= 0.6 is 0 Å². The zero-order valence-electron chi connectivity index (χ0n) is 26.0. The van der Waals surface area contributed by atoms with Gasteiger partial charge in [0.25, 0.3) is 0 Å². The minimum Gasteiger partial charge on any atom is -0.457 e. The summed E-state index contributed by atoms with van der Waals surface area (Å²) in [6.07, 6.45) is 0. The first-order valence-electron chi connectivity index (χ1n) is 16.3. The normalized spacial score (nSPS) is 13.3. The third kappa shape index (κ3) is 3.88. The number of benzene rings is 7. The summed E-state index contributed by atoms with van der Waals surface area (Å²) in [5.41, 5.74) is 11.5. The first-order chi connectivity index (χ1) is 23.8. The van der Waals surface area contributed by atoms with Gasteiger partial charge in [0.1, 0.15) is 11.5 Å². The zero-order valence-corrected chi connectivity index (χ0v) is 26.0. The third-order valence-electron chi connectivity index (χ3n) is 9.93. The third-order valence-corrected chi connectivity index (χ3v) is 9.93. The highest BCUT2D eigenvalue weighted by molar-refractivity contribution is 5.93. The van der Waals surface area contributed by atoms with Gasteiger partial charge in [-0.3, -0.25) is 0 Å². The molecule has 0 atom stereocenters. The van der Waals surface area contributed by atoms with Crippen molar-refractivity contribution in [2.45, 2.75) is 5.41 Å². The summed E-state index contributed by atoms with van der Waals surface area (Å²) in [5.74, 6) is 2.40. The second kappa shape index (κ2) is 10.3. The Morgan fingerprint density at radius 3 is 1.52 bits per heavy atom. The van der Waals surface area contributed by atoms with Crippen molar-refractivity contribution in [3.63, 3.8) is 0 Å². The van der Waals surface area contributed by atoms with Crippen LogP contribution in [0.4, 0.5) is 0 Å². The van der Waals surface area contributed by atoms with Gasteiger partial charge >= 0.3 is 0 Å². The van der Waals surface area contributed by atoms with Gasteiger partial charge in [-0.05, 0) is 69.4 Å². The van der Waals surface area contributed by atoms with Crippen LogP contribution in [0, 0.1) is 0 Å². The molecule has 48 heavy (non-hydrogen) atoms. The van der Waals surface area contributed by atoms with Gasteiger partial charge < -0.3 is 4.74 Å². The zero-order chi connectivity index (χ0) is 31.7. The molecule has 0 unspecified atom stereocenters. The SMILES string of the molecule is c1ccc(-c2cc(-c3ccccc3)nc(-c3ccc4c(c3)C3(c5cc6ccccc6cc5O4)c4ccccc4-c4ccccc43)n2)cc1. The van der Waals surface area contributed by atoms with Crippen LogP contribution in [-0.2, 0) is 5.41 Å². The van der Waals surface area contributed by atoms with Crippen molar-refractivity contribution < 1.29 is 4.74 Å². The number of ether oxygens (including phenoxy) is 1. The quantitative estimate of drug-likeness (QED) is 0.199. The molecule has 0 N–H and O–H groups in total. The molecule has 224 valence electrons. The summed E-state index contributed by atoms with van der Waals surface area (Å²) >= 11 is 0. The summed E-state index contributed by atoms with van der Waals surface area (Å²) in [6.45, 7) is 0. The van der Waals surface area contributed by atoms with E-state index in [4.69, 9.17) is 14.7 Å². The van der Waals surface area contributed by atoms with Crippen LogP contribution < -0.4 is 4.74 Å². The van der Waals surface area contributed by atoms with Crippen molar-refractivity contribution >= 4 is 10.8 Å². The standard InChI is InChI=1S/C45H28N2O/c1-3-13-29(14-4-1)40-28-41(30-15-5-2-6-16-30)47-44(46-40)33-23-24-42-38(26-33)45(39-25-31-17-7-8-18-32(31)27-43(39)48-42)36-21-11-9-19-34(36)35-20-10-12-22-37(35)45/h1-28H. The summed E-state index contributed by atoms with van der Waals surface area (Å²) in [7, 11) is 0. The smallest absolute Gasteiger partial charge is 0.160 e. The van der Waals surface area contributed by atoms with Crippen LogP contribution in [-0.4, -0.2) is 9.97 Å². The molecule has 0 fully saturated rings. The molecule has 1 aliphatic carbocycles. The number of nitrogens with zero attached hydrogens (tertiary/aromatic N) is 2. The molecule has 2 aliphatic rings. The lowest BCUT2D eigenvalue weighted by Crippen LogP contribution is -2.32. The lowest BCUT2D eigenvalue weighted by Gasteiger charge is -2.39. The van der Waals surface area contributed by atoms with Gasteiger partial charge in [0, 0.05) is 27.8 Å². The summed E-state index contributed by atoms with van der Waals surface area (Å²) in [4.78, 5) is 10.4. The van der Waals surface area contributed by atoms with E-state index in [-0.39, 0.29) is 0 Å². The van der Waals surface area contributed by atoms with Gasteiger partial charge in [-0.1, -0.05) is 133 Å². The number of hydrogen-bond acceptors (Lipinski definition) is 3. The molecule has 0 amide bonds. The van der Waals surface area contributed by atoms with Gasteiger partial charge in [0.2, 0.25) is 0 Å². The van der Waals surface area contributed by atoms with E-state index in [9.17, 15) is 0 Å². The van der Waals surface area contributed by atoms with Gasteiger partial charge in [0.15, 0.2) is 5.82 Å². The monoisotopic (exact) mass is 612 g/mol. The molecule has 3 nitrogen and oxygen atoms in total. The van der Waals surface area contributed by atoms with Crippen LogP contribution in [0.1, 0.15) is 22.3 Å². The average Bonchev–Trinajstić information content (AvgIpc) is 3.45. The lowest BCUT2D eigenvalue weighted by molar-refractivity contribution is 0.437. The predicted molar refractivity (Wildman–Crippen MR) is 193 cm³/mol. The van der Waals surface area contributed by atoms with Crippen LogP contribution in [0.5, 0.6) is 11.5 Å². The molecule has 0 radical (unpaired) electrons. The van der Waals surface area contributed by atoms with Crippen LogP contribution in [0.25, 0.3) is 55.8 Å². The molecule has 3 heteroatoms. The molecular formula is C45H28N2O. The molecule has 7 aromatic carbocycles. The largest absolute Gasteiger partial charge is 0.457 e. The fraction of sp³-hybridized carbons (Fsp3) is 0.0222. The molecular weight excluding hydrogens is 585 g/mol. The average molecular weight is 613 g/mol. The van der Waals surface area contributed by atoms with E-state index in [1.165, 1.54) is 27.6 Å². The fourth-order valence-corrected chi connectivity index (χ4v) is 7.82. The maximum Gasteiger partial charge on any atom is 0.160 e. The van der Waals surface area contributed by atoms with Crippen molar-refractivity contribution in [1.82, 2.24) is 9.97 Å². The molecule has 1 spiro atoms. The minimum atomic E-state index is -0.588. The highest BCUT2D eigenvalue weighted by Crippen LogP contribution is 2.62. The van der Waals surface area contributed by atoms with Crippen molar-refractivity contribution in [2.24, 2.45) is 0 Å². The maximum atomic E-state index is 6.84. The highest BCUT2D eigenvalue weighted by atomic mass is 16.5. The molecule has 0 bridgehead atoms. The number of aromatic nitrogens is 2. The Balaban J connectivity index is 1.27. The second-order valence-electron chi connectivity index (χ2n) is 12.5. The summed E-state index contributed by atoms with van der Waals surface area (Å²) in [5, 5.41) is 2.35. The van der Waals surface area contributed by atoms with E-state index in [0.29, 0.717) is 5.82 Å². The van der Waals surface area contributed by atoms with Gasteiger partial charge in [-0.15, -0.1) is 0 Å². The molecule has 10 rings (SSSR count). The van der Waals surface area contributed by atoms with Gasteiger partial charge in [-0.2, -0.15) is 0 Å². The van der Waals surface area contributed by atoms with Crippen LogP contribution in [0.3, 0.4) is 0 Å². The Morgan fingerprint density at radius 2 is 0.896 bits per heavy atom. The first-order valence-corrected chi connectivity index (χ1v) is 16.3. The van der Waals surface area contributed by atoms with Crippen molar-refractivity contribution in [1.29, 1.82) is 0 Å². The Morgan fingerprint density at radius 1 is 0.375 bits per heavy atom. The van der Waals surface area contributed by atoms with E-state index >= 15 is 0 Å². The highest BCUT2D eigenvalue weighted by Gasteiger charge is 2.51. The lowest BCUT2D eigenvalue weighted by atomic mass is 9.65. The minimum absolute atomic E-state index is 0.588. The Kier molecular flexibility index (Phi) is 5.79.